The van der Waals surface area contributed by atoms with Crippen LogP contribution in [0.5, 0.6) is 0 Å². The molecule has 0 amide bonds. The van der Waals surface area contributed by atoms with Crippen LogP contribution in [0.4, 0.5) is 0 Å². The molecule has 1 aliphatic rings. The van der Waals surface area contributed by atoms with Gasteiger partial charge in [-0.1, -0.05) is 6.07 Å². The van der Waals surface area contributed by atoms with E-state index in [4.69, 9.17) is 4.74 Å². The van der Waals surface area contributed by atoms with E-state index in [1.54, 1.807) is 0 Å². The van der Waals surface area contributed by atoms with Crippen molar-refractivity contribution >= 4 is 0 Å². The molecule has 1 aromatic heterocycles. The van der Waals surface area contributed by atoms with Crippen molar-refractivity contribution in [2.24, 2.45) is 0 Å². The van der Waals surface area contributed by atoms with Crippen molar-refractivity contribution < 1.29 is 4.74 Å². The van der Waals surface area contributed by atoms with Gasteiger partial charge >= 0.3 is 0 Å². The van der Waals surface area contributed by atoms with Crippen LogP contribution in [-0.4, -0.2) is 41.7 Å². The molecule has 118 valence electrons. The van der Waals surface area contributed by atoms with Crippen LogP contribution >= 0.6 is 0 Å². The van der Waals surface area contributed by atoms with Crippen molar-refractivity contribution in [2.45, 2.75) is 58.3 Å². The molecule has 4 nitrogen and oxygen atoms in total. The van der Waals surface area contributed by atoms with Gasteiger partial charge in [-0.2, -0.15) is 0 Å². The molecule has 21 heavy (non-hydrogen) atoms. The van der Waals surface area contributed by atoms with Crippen molar-refractivity contribution in [1.82, 2.24) is 15.2 Å². The van der Waals surface area contributed by atoms with Crippen LogP contribution in [0.1, 0.15) is 44.9 Å². The number of hydrogen-bond acceptors (Lipinski definition) is 4. The molecule has 1 aromatic rings. The molecule has 4 heteroatoms. The highest BCUT2D eigenvalue weighted by Crippen LogP contribution is 2.15. The lowest BCUT2D eigenvalue weighted by atomic mass is 10.1. The summed E-state index contributed by atoms with van der Waals surface area (Å²) in [5.41, 5.74) is 2.52. The van der Waals surface area contributed by atoms with Crippen LogP contribution in [0.25, 0.3) is 0 Å². The first kappa shape index (κ1) is 16.4. The molecule has 0 bridgehead atoms. The van der Waals surface area contributed by atoms with Crippen molar-refractivity contribution in [3.05, 3.63) is 29.6 Å². The van der Waals surface area contributed by atoms with E-state index in [0.29, 0.717) is 6.04 Å². The van der Waals surface area contributed by atoms with E-state index < -0.39 is 0 Å². The molecule has 1 saturated heterocycles. The number of hydrogen-bond donors (Lipinski definition) is 1. The maximum absolute atomic E-state index is 5.42. The van der Waals surface area contributed by atoms with Crippen LogP contribution in [0, 0.1) is 0 Å². The van der Waals surface area contributed by atoms with Gasteiger partial charge in [0, 0.05) is 44.1 Å². The lowest BCUT2D eigenvalue weighted by molar-refractivity contribution is 0.0403. The molecule has 1 aliphatic heterocycles. The Morgan fingerprint density at radius 2 is 2.00 bits per heavy atom. The first-order valence-electron chi connectivity index (χ1n) is 7.91. The molecule has 0 unspecified atom stereocenters. The van der Waals surface area contributed by atoms with Gasteiger partial charge < -0.3 is 10.1 Å². The number of aromatic nitrogens is 1. The van der Waals surface area contributed by atoms with E-state index in [2.05, 4.69) is 55.2 Å². The van der Waals surface area contributed by atoms with Crippen molar-refractivity contribution in [2.75, 3.05) is 20.3 Å². The minimum absolute atomic E-state index is 0.141. The summed E-state index contributed by atoms with van der Waals surface area (Å²) in [6.07, 6.45) is 4.25. The summed E-state index contributed by atoms with van der Waals surface area (Å²) in [6.45, 7) is 10.1. The summed E-state index contributed by atoms with van der Waals surface area (Å²) in [6, 6.07) is 4.96. The predicted octanol–water partition coefficient (Wildman–Crippen LogP) is 2.58. The Morgan fingerprint density at radius 1 is 1.29 bits per heavy atom. The Balaban J connectivity index is 1.84. The lowest BCUT2D eigenvalue weighted by Gasteiger charge is -2.30. The number of rotatable bonds is 5. The van der Waals surface area contributed by atoms with Crippen molar-refractivity contribution in [3.8, 4) is 0 Å². The molecule has 2 heterocycles. The predicted molar refractivity (Wildman–Crippen MR) is 86.1 cm³/mol. The fourth-order valence-electron chi connectivity index (χ4n) is 2.53. The maximum Gasteiger partial charge on any atom is 0.0544 e. The van der Waals surface area contributed by atoms with E-state index in [1.807, 2.05) is 6.20 Å². The third kappa shape index (κ3) is 5.73. The Hall–Kier alpha value is -0.970. The summed E-state index contributed by atoms with van der Waals surface area (Å²) < 4.78 is 5.42. The molecule has 1 N–H and O–H groups in total. The van der Waals surface area contributed by atoms with Gasteiger partial charge in [0.25, 0.3) is 0 Å². The smallest absolute Gasteiger partial charge is 0.0544 e. The van der Waals surface area contributed by atoms with E-state index in [1.165, 1.54) is 5.56 Å². The average Bonchev–Trinajstić information content (AvgIpc) is 2.46. The zero-order valence-corrected chi connectivity index (χ0v) is 13.9. The molecule has 1 fully saturated rings. The van der Waals surface area contributed by atoms with Gasteiger partial charge in [-0.15, -0.1) is 0 Å². The zero-order chi connectivity index (χ0) is 15.3. The number of nitrogens with one attached hydrogen (secondary N) is 1. The molecule has 0 spiro atoms. The SMILES string of the molecule is CN(Cc1ccc(CNC(C)(C)C)cn1)C1CCOCC1. The number of nitrogens with zero attached hydrogens (tertiary/aromatic N) is 2. The van der Waals surface area contributed by atoms with Gasteiger partial charge in [0.05, 0.1) is 5.69 Å². The number of ether oxygens (including phenoxy) is 1. The molecule has 0 atom stereocenters. The van der Waals surface area contributed by atoms with Crippen LogP contribution in [0.3, 0.4) is 0 Å². The second-order valence-corrected chi connectivity index (χ2v) is 7.02. The molecule has 0 saturated carbocycles. The fraction of sp³-hybridized carbons (Fsp3) is 0.706. The van der Waals surface area contributed by atoms with Gasteiger partial charge in [0.15, 0.2) is 0 Å². The van der Waals surface area contributed by atoms with Gasteiger partial charge in [-0.3, -0.25) is 9.88 Å². The first-order chi connectivity index (χ1) is 9.94. The fourth-order valence-corrected chi connectivity index (χ4v) is 2.53. The normalized spacial score (nSPS) is 17.4. The van der Waals surface area contributed by atoms with Crippen LogP contribution in [0.2, 0.25) is 0 Å². The second-order valence-electron chi connectivity index (χ2n) is 7.02. The molecule has 0 aromatic carbocycles. The Kier molecular flexibility index (Phi) is 5.73. The van der Waals surface area contributed by atoms with E-state index in [0.717, 1.165) is 44.8 Å². The minimum atomic E-state index is 0.141. The van der Waals surface area contributed by atoms with Gasteiger partial charge in [-0.05, 0) is 52.3 Å². The third-order valence-electron chi connectivity index (χ3n) is 3.93. The van der Waals surface area contributed by atoms with Crippen LogP contribution in [0.15, 0.2) is 18.3 Å². The topological polar surface area (TPSA) is 37.4 Å². The Labute approximate surface area is 128 Å². The molecule has 0 aliphatic carbocycles. The maximum atomic E-state index is 5.42. The average molecular weight is 291 g/mol. The largest absolute Gasteiger partial charge is 0.381 e. The molecule has 0 radical (unpaired) electrons. The highest BCUT2D eigenvalue weighted by atomic mass is 16.5. The third-order valence-corrected chi connectivity index (χ3v) is 3.93. The zero-order valence-electron chi connectivity index (χ0n) is 13.9. The van der Waals surface area contributed by atoms with Crippen molar-refractivity contribution in [1.29, 1.82) is 0 Å². The van der Waals surface area contributed by atoms with Crippen LogP contribution in [-0.2, 0) is 17.8 Å². The monoisotopic (exact) mass is 291 g/mol. The molecular formula is C17H29N3O. The summed E-state index contributed by atoms with van der Waals surface area (Å²) in [5.74, 6) is 0. The summed E-state index contributed by atoms with van der Waals surface area (Å²) in [7, 11) is 2.19. The summed E-state index contributed by atoms with van der Waals surface area (Å²) >= 11 is 0. The van der Waals surface area contributed by atoms with Gasteiger partial charge in [0.1, 0.15) is 0 Å². The standard InChI is InChI=1S/C17H29N3O/c1-17(2,3)19-12-14-5-6-15(18-11-14)13-20(4)16-7-9-21-10-8-16/h5-6,11,16,19H,7-10,12-13H2,1-4H3. The van der Waals surface area contributed by atoms with Crippen LogP contribution < -0.4 is 5.32 Å². The van der Waals surface area contributed by atoms with E-state index in [-0.39, 0.29) is 5.54 Å². The number of pyridine rings is 1. The van der Waals surface area contributed by atoms with E-state index in [9.17, 15) is 0 Å². The quantitative estimate of drug-likeness (QED) is 0.905. The van der Waals surface area contributed by atoms with Gasteiger partial charge in [0.2, 0.25) is 0 Å². The first-order valence-corrected chi connectivity index (χ1v) is 7.91. The second kappa shape index (κ2) is 7.34. The minimum Gasteiger partial charge on any atom is -0.381 e. The Bertz CT molecular complexity index is 419. The summed E-state index contributed by atoms with van der Waals surface area (Å²) in [4.78, 5) is 7.00. The summed E-state index contributed by atoms with van der Waals surface area (Å²) in [5, 5.41) is 3.49. The molecule has 2 rings (SSSR count). The van der Waals surface area contributed by atoms with Crippen molar-refractivity contribution in [3.63, 3.8) is 0 Å². The van der Waals surface area contributed by atoms with Gasteiger partial charge in [-0.25, -0.2) is 0 Å². The molecular weight excluding hydrogens is 262 g/mol. The highest BCUT2D eigenvalue weighted by Gasteiger charge is 2.18. The van der Waals surface area contributed by atoms with E-state index >= 15 is 0 Å². The highest BCUT2D eigenvalue weighted by molar-refractivity contribution is 5.14. The Morgan fingerprint density at radius 3 is 2.57 bits per heavy atom. The lowest BCUT2D eigenvalue weighted by Crippen LogP contribution is -2.36.